The molecule has 1 saturated heterocycles. The van der Waals surface area contributed by atoms with Crippen molar-refractivity contribution in [3.05, 3.63) is 63.7 Å². The number of hydrogen-bond acceptors (Lipinski definition) is 6. The number of aliphatic hydroxyl groups is 1. The average molecular weight is 458 g/mol. The monoisotopic (exact) mass is 457 g/mol. The van der Waals surface area contributed by atoms with E-state index < -0.39 is 23.7 Å². The van der Waals surface area contributed by atoms with Crippen molar-refractivity contribution >= 4 is 35.0 Å². The average Bonchev–Trinajstić information content (AvgIpc) is 2.98. The molecule has 2 aromatic rings. The number of amides is 1. The van der Waals surface area contributed by atoms with E-state index in [0.717, 1.165) is 5.56 Å². The molecule has 0 aliphatic carbocycles. The van der Waals surface area contributed by atoms with Crippen molar-refractivity contribution in [2.45, 2.75) is 33.2 Å². The molecule has 1 aliphatic rings. The maximum atomic E-state index is 13.1. The third-order valence-corrected chi connectivity index (χ3v) is 5.37. The molecule has 1 atom stereocenters. The lowest BCUT2D eigenvalue weighted by molar-refractivity contribution is -0.139. The zero-order valence-electron chi connectivity index (χ0n) is 18.3. The van der Waals surface area contributed by atoms with E-state index in [1.165, 1.54) is 18.9 Å². The molecule has 1 heterocycles. The van der Waals surface area contributed by atoms with Crippen molar-refractivity contribution in [2.75, 3.05) is 13.7 Å². The summed E-state index contributed by atoms with van der Waals surface area (Å²) in [5, 5.41) is 11.5. The number of carbonyl (C=O) groups excluding carboxylic acids is 3. The topological polar surface area (TPSA) is 93.1 Å². The highest BCUT2D eigenvalue weighted by molar-refractivity contribution is 6.46. The second-order valence-electron chi connectivity index (χ2n) is 7.49. The zero-order chi connectivity index (χ0) is 23.6. The highest BCUT2D eigenvalue weighted by Gasteiger charge is 2.46. The van der Waals surface area contributed by atoms with Gasteiger partial charge in [0.05, 0.1) is 29.3 Å². The van der Waals surface area contributed by atoms with Crippen LogP contribution in [0.25, 0.3) is 5.76 Å². The van der Waals surface area contributed by atoms with Gasteiger partial charge in [0.15, 0.2) is 0 Å². The van der Waals surface area contributed by atoms with E-state index in [0.29, 0.717) is 18.5 Å². The van der Waals surface area contributed by atoms with Crippen LogP contribution in [-0.2, 0) is 14.4 Å². The van der Waals surface area contributed by atoms with Gasteiger partial charge in [-0.25, -0.2) is 0 Å². The van der Waals surface area contributed by atoms with Gasteiger partial charge < -0.3 is 19.5 Å². The molecule has 0 bridgehead atoms. The van der Waals surface area contributed by atoms with E-state index in [-0.39, 0.29) is 33.4 Å². The van der Waals surface area contributed by atoms with Crippen LogP contribution in [0.15, 0.2) is 42.0 Å². The van der Waals surface area contributed by atoms with Gasteiger partial charge in [-0.2, -0.15) is 0 Å². The number of aryl methyl sites for hydroxylation is 1. The molecule has 168 valence electrons. The number of benzene rings is 2. The van der Waals surface area contributed by atoms with Crippen LogP contribution >= 0.6 is 11.6 Å². The molecule has 3 rings (SSSR count). The van der Waals surface area contributed by atoms with Crippen LogP contribution in [-0.4, -0.2) is 41.3 Å². The van der Waals surface area contributed by atoms with Crippen LogP contribution in [0.3, 0.4) is 0 Å². The summed E-state index contributed by atoms with van der Waals surface area (Å²) in [6.45, 7) is 5.26. The van der Waals surface area contributed by atoms with Crippen molar-refractivity contribution in [2.24, 2.45) is 0 Å². The molecule has 0 aromatic heterocycles. The minimum Gasteiger partial charge on any atom is -0.507 e. The summed E-state index contributed by atoms with van der Waals surface area (Å²) >= 11 is 6.28. The molecular weight excluding hydrogens is 434 g/mol. The number of rotatable bonds is 6. The van der Waals surface area contributed by atoms with E-state index in [1.807, 2.05) is 6.92 Å². The van der Waals surface area contributed by atoms with Gasteiger partial charge in [-0.3, -0.25) is 14.4 Å². The van der Waals surface area contributed by atoms with Crippen LogP contribution in [0.5, 0.6) is 11.5 Å². The van der Waals surface area contributed by atoms with E-state index in [2.05, 4.69) is 0 Å². The molecule has 1 aliphatic heterocycles. The fourth-order valence-corrected chi connectivity index (χ4v) is 4.22. The van der Waals surface area contributed by atoms with Crippen LogP contribution in [0.1, 0.15) is 43.0 Å². The lowest BCUT2D eigenvalue weighted by atomic mass is 9.94. The Balaban J connectivity index is 2.26. The molecule has 8 heteroatoms. The summed E-state index contributed by atoms with van der Waals surface area (Å²) in [6.07, 6.45) is 0.604. The number of likely N-dealkylation sites (tertiary alicyclic amines) is 1. The number of ether oxygens (including phenoxy) is 2. The molecule has 0 spiro atoms. The molecule has 1 fully saturated rings. The maximum absolute atomic E-state index is 13.1. The summed E-state index contributed by atoms with van der Waals surface area (Å²) in [4.78, 5) is 38.7. The molecule has 2 aromatic carbocycles. The van der Waals surface area contributed by atoms with E-state index in [4.69, 9.17) is 21.1 Å². The predicted octanol–water partition coefficient (Wildman–Crippen LogP) is 4.41. The number of ketones is 1. The van der Waals surface area contributed by atoms with Gasteiger partial charge in [-0.15, -0.1) is 0 Å². The van der Waals surface area contributed by atoms with Crippen molar-refractivity contribution in [3.8, 4) is 11.5 Å². The largest absolute Gasteiger partial charge is 0.507 e. The lowest BCUT2D eigenvalue weighted by Gasteiger charge is -2.25. The van der Waals surface area contributed by atoms with Crippen LogP contribution in [0, 0.1) is 6.92 Å². The smallest absolute Gasteiger partial charge is 0.308 e. The van der Waals surface area contributed by atoms with E-state index in [9.17, 15) is 19.5 Å². The molecule has 0 radical (unpaired) electrons. The number of nitrogens with zero attached hydrogens (tertiary/aromatic N) is 1. The third-order valence-electron chi connectivity index (χ3n) is 5.09. The van der Waals surface area contributed by atoms with Crippen molar-refractivity contribution in [1.29, 1.82) is 0 Å². The second-order valence-corrected chi connectivity index (χ2v) is 7.89. The number of halogens is 1. The summed E-state index contributed by atoms with van der Waals surface area (Å²) in [7, 11) is 1.41. The summed E-state index contributed by atoms with van der Waals surface area (Å²) < 4.78 is 10.5. The van der Waals surface area contributed by atoms with Crippen LogP contribution < -0.4 is 9.47 Å². The van der Waals surface area contributed by atoms with Crippen molar-refractivity contribution in [3.63, 3.8) is 0 Å². The van der Waals surface area contributed by atoms with Gasteiger partial charge >= 0.3 is 5.97 Å². The molecule has 1 N–H and O–H groups in total. The standard InChI is InChI=1S/C24H24ClNO6/c1-5-9-26-20(15-7-6-8-16(12-15)32-14(3)27)19(22(29)24(26)30)21(28)17-10-13(2)11-18(25)23(17)31-4/h6-8,10-12,20,28H,5,9H2,1-4H3/b21-19+. The minimum absolute atomic E-state index is 0.0802. The Labute approximate surface area is 191 Å². The molecule has 0 saturated carbocycles. The predicted molar refractivity (Wildman–Crippen MR) is 120 cm³/mol. The van der Waals surface area contributed by atoms with Gasteiger partial charge in [-0.05, 0) is 48.7 Å². The van der Waals surface area contributed by atoms with Gasteiger partial charge in [-0.1, -0.05) is 30.7 Å². The first-order valence-electron chi connectivity index (χ1n) is 10.1. The first-order chi connectivity index (χ1) is 15.2. The Morgan fingerprint density at radius 1 is 1.22 bits per heavy atom. The molecule has 32 heavy (non-hydrogen) atoms. The summed E-state index contributed by atoms with van der Waals surface area (Å²) in [5.74, 6) is -1.93. The Bertz CT molecular complexity index is 1120. The van der Waals surface area contributed by atoms with Gasteiger partial charge in [0, 0.05) is 13.5 Å². The molecule has 1 amide bonds. The highest BCUT2D eigenvalue weighted by atomic mass is 35.5. The number of Topliss-reactive ketones (excluding diaryl/α,β-unsaturated/α-hetero) is 1. The second kappa shape index (κ2) is 9.44. The van der Waals surface area contributed by atoms with Crippen LogP contribution in [0.4, 0.5) is 0 Å². The Morgan fingerprint density at radius 3 is 2.56 bits per heavy atom. The van der Waals surface area contributed by atoms with Gasteiger partial charge in [0.25, 0.3) is 11.7 Å². The number of carbonyl (C=O) groups is 3. The Hall–Kier alpha value is -3.32. The Morgan fingerprint density at radius 2 is 1.94 bits per heavy atom. The normalized spacial score (nSPS) is 17.5. The lowest BCUT2D eigenvalue weighted by Crippen LogP contribution is -2.30. The molecular formula is C24H24ClNO6. The van der Waals surface area contributed by atoms with Gasteiger partial charge in [0.1, 0.15) is 17.3 Å². The van der Waals surface area contributed by atoms with E-state index in [1.54, 1.807) is 43.3 Å². The number of aliphatic hydroxyl groups excluding tert-OH is 1. The van der Waals surface area contributed by atoms with Crippen LogP contribution in [0.2, 0.25) is 5.02 Å². The fraction of sp³-hybridized carbons (Fsp3) is 0.292. The highest BCUT2D eigenvalue weighted by Crippen LogP contribution is 2.43. The van der Waals surface area contributed by atoms with Crippen molar-refractivity contribution in [1.82, 2.24) is 4.90 Å². The number of esters is 1. The third kappa shape index (κ3) is 4.34. The number of hydrogen-bond donors (Lipinski definition) is 1. The zero-order valence-corrected chi connectivity index (χ0v) is 19.0. The molecule has 1 unspecified atom stereocenters. The first-order valence-corrected chi connectivity index (χ1v) is 10.5. The fourth-order valence-electron chi connectivity index (χ4n) is 3.87. The molecule has 7 nitrogen and oxygen atoms in total. The number of methoxy groups -OCH3 is 1. The minimum atomic E-state index is -0.866. The first kappa shape index (κ1) is 23.3. The SMILES string of the molecule is CCCN1C(=O)C(=O)/C(=C(/O)c2cc(C)cc(Cl)c2OC)C1c1cccc(OC(C)=O)c1. The summed E-state index contributed by atoms with van der Waals surface area (Å²) in [6, 6.07) is 8.99. The Kier molecular flexibility index (Phi) is 6.89. The van der Waals surface area contributed by atoms with Gasteiger partial charge in [0.2, 0.25) is 0 Å². The van der Waals surface area contributed by atoms with Crippen molar-refractivity contribution < 1.29 is 29.0 Å². The quantitative estimate of drug-likeness (QED) is 0.227. The maximum Gasteiger partial charge on any atom is 0.308 e. The summed E-state index contributed by atoms with van der Waals surface area (Å²) in [5.41, 5.74) is 1.40. The van der Waals surface area contributed by atoms with E-state index >= 15 is 0 Å².